The molecule has 2 rings (SSSR count). The van der Waals surface area contributed by atoms with Gasteiger partial charge >= 0.3 is 0 Å². The maximum absolute atomic E-state index is 6.03. The van der Waals surface area contributed by atoms with Crippen LogP contribution in [0.15, 0.2) is 18.2 Å². The van der Waals surface area contributed by atoms with Crippen LogP contribution >= 0.6 is 11.6 Å². The van der Waals surface area contributed by atoms with E-state index in [2.05, 4.69) is 13.0 Å². The van der Waals surface area contributed by atoms with Crippen molar-refractivity contribution in [2.24, 2.45) is 0 Å². The van der Waals surface area contributed by atoms with E-state index in [4.69, 9.17) is 21.1 Å². The van der Waals surface area contributed by atoms with Gasteiger partial charge in [-0.3, -0.25) is 0 Å². The van der Waals surface area contributed by atoms with Gasteiger partial charge in [-0.15, -0.1) is 0 Å². The lowest BCUT2D eigenvalue weighted by molar-refractivity contribution is 0.370. The van der Waals surface area contributed by atoms with Crippen LogP contribution in [0, 0.1) is 0 Å². The largest absolute Gasteiger partial charge is 0.495 e. The van der Waals surface area contributed by atoms with Crippen LogP contribution in [0.25, 0.3) is 0 Å². The lowest BCUT2D eigenvalue weighted by Gasteiger charge is -2.05. The highest BCUT2D eigenvalue weighted by Gasteiger charge is 2.33. The summed E-state index contributed by atoms with van der Waals surface area (Å²) in [6.07, 6.45) is 2.98. The Morgan fingerprint density at radius 3 is 2.73 bits per heavy atom. The van der Waals surface area contributed by atoms with E-state index >= 15 is 0 Å². The highest BCUT2D eigenvalue weighted by Crippen LogP contribution is 2.28. The van der Waals surface area contributed by atoms with Gasteiger partial charge in [0, 0.05) is 0 Å². The van der Waals surface area contributed by atoms with Gasteiger partial charge in [0.25, 0.3) is 0 Å². The van der Waals surface area contributed by atoms with Crippen molar-refractivity contribution in [2.75, 3.05) is 7.11 Å². The molecule has 0 radical (unpaired) electrons. The lowest BCUT2D eigenvalue weighted by atomic mass is 10.1. The normalized spacial score (nSPS) is 23.9. The van der Waals surface area contributed by atoms with E-state index in [-0.39, 0.29) is 0 Å². The molecule has 0 saturated carbocycles. The minimum atomic E-state index is 0.443. The van der Waals surface area contributed by atoms with Gasteiger partial charge in [0.1, 0.15) is 5.75 Å². The lowest BCUT2D eigenvalue weighted by Crippen LogP contribution is -1.94. The van der Waals surface area contributed by atoms with Crippen LogP contribution in [-0.4, -0.2) is 19.3 Å². The Kier molecular flexibility index (Phi) is 3.17. The van der Waals surface area contributed by atoms with E-state index in [9.17, 15) is 0 Å². The Morgan fingerprint density at radius 1 is 1.47 bits per heavy atom. The molecule has 3 heteroatoms. The molecule has 1 heterocycles. The Bertz CT molecular complexity index is 351. The maximum atomic E-state index is 6.03. The molecule has 2 unspecified atom stereocenters. The van der Waals surface area contributed by atoms with Crippen LogP contribution in [0.4, 0.5) is 0 Å². The molecule has 15 heavy (non-hydrogen) atoms. The molecule has 1 aliphatic rings. The van der Waals surface area contributed by atoms with E-state index in [1.807, 2.05) is 12.1 Å². The molecule has 1 fully saturated rings. The van der Waals surface area contributed by atoms with Crippen molar-refractivity contribution in [2.45, 2.75) is 32.0 Å². The average Bonchev–Trinajstić information content (AvgIpc) is 2.92. The summed E-state index contributed by atoms with van der Waals surface area (Å²) in [5.74, 6) is 0.733. The third-order valence-electron chi connectivity index (χ3n) is 2.77. The number of halogens is 1. The van der Waals surface area contributed by atoms with Crippen LogP contribution < -0.4 is 4.74 Å². The van der Waals surface area contributed by atoms with E-state index in [0.29, 0.717) is 17.2 Å². The first-order valence-corrected chi connectivity index (χ1v) is 5.56. The number of rotatable bonds is 4. The van der Waals surface area contributed by atoms with Crippen molar-refractivity contribution >= 4 is 11.6 Å². The van der Waals surface area contributed by atoms with Gasteiger partial charge in [-0.1, -0.05) is 17.7 Å². The highest BCUT2D eigenvalue weighted by atomic mass is 35.5. The second-order valence-electron chi connectivity index (χ2n) is 3.89. The molecule has 0 aliphatic carbocycles. The number of hydrogen-bond donors (Lipinski definition) is 0. The van der Waals surface area contributed by atoms with E-state index in [1.165, 1.54) is 5.56 Å². The zero-order chi connectivity index (χ0) is 10.8. The standard InChI is InChI=1S/C12H15ClO2/c1-8-11(15-8)5-3-9-4-6-12(14-2)10(13)7-9/h4,6-8,11H,3,5H2,1-2H3. The zero-order valence-electron chi connectivity index (χ0n) is 9.00. The number of hydrogen-bond acceptors (Lipinski definition) is 2. The first-order valence-electron chi connectivity index (χ1n) is 5.18. The second-order valence-corrected chi connectivity index (χ2v) is 4.29. The molecular formula is C12H15ClO2. The van der Waals surface area contributed by atoms with E-state index in [0.717, 1.165) is 18.6 Å². The van der Waals surface area contributed by atoms with Gasteiger partial charge in [-0.2, -0.15) is 0 Å². The summed E-state index contributed by atoms with van der Waals surface area (Å²) in [6, 6.07) is 5.93. The van der Waals surface area contributed by atoms with Crippen molar-refractivity contribution in [1.82, 2.24) is 0 Å². The topological polar surface area (TPSA) is 21.8 Å². The monoisotopic (exact) mass is 226 g/mol. The third kappa shape index (κ3) is 2.64. The molecule has 0 N–H and O–H groups in total. The minimum absolute atomic E-state index is 0.443. The fourth-order valence-electron chi connectivity index (χ4n) is 1.71. The predicted molar refractivity (Wildman–Crippen MR) is 60.7 cm³/mol. The van der Waals surface area contributed by atoms with Gasteiger partial charge in [-0.25, -0.2) is 0 Å². The van der Waals surface area contributed by atoms with Crippen molar-refractivity contribution in [3.63, 3.8) is 0 Å². The summed E-state index contributed by atoms with van der Waals surface area (Å²) in [7, 11) is 1.63. The summed E-state index contributed by atoms with van der Waals surface area (Å²) in [5.41, 5.74) is 1.24. The quantitative estimate of drug-likeness (QED) is 0.736. The molecule has 1 aromatic carbocycles. The van der Waals surface area contributed by atoms with E-state index < -0.39 is 0 Å². The first kappa shape index (κ1) is 10.8. The number of benzene rings is 1. The Hall–Kier alpha value is -0.730. The number of epoxide rings is 1. The molecule has 0 bridgehead atoms. The summed E-state index contributed by atoms with van der Waals surface area (Å²) in [4.78, 5) is 0. The van der Waals surface area contributed by atoms with E-state index in [1.54, 1.807) is 7.11 Å². The third-order valence-corrected chi connectivity index (χ3v) is 3.07. The van der Waals surface area contributed by atoms with Crippen molar-refractivity contribution < 1.29 is 9.47 Å². The molecule has 2 atom stereocenters. The maximum Gasteiger partial charge on any atom is 0.137 e. The fraction of sp³-hybridized carbons (Fsp3) is 0.500. The van der Waals surface area contributed by atoms with Crippen LogP contribution in [0.5, 0.6) is 5.75 Å². The fourth-order valence-corrected chi connectivity index (χ4v) is 1.99. The number of methoxy groups -OCH3 is 1. The molecule has 1 aromatic rings. The van der Waals surface area contributed by atoms with Crippen LogP contribution in [0.3, 0.4) is 0 Å². The Morgan fingerprint density at radius 2 is 2.20 bits per heavy atom. The minimum Gasteiger partial charge on any atom is -0.495 e. The molecule has 0 amide bonds. The summed E-state index contributed by atoms with van der Waals surface area (Å²) in [6.45, 7) is 2.10. The number of ether oxygens (including phenoxy) is 2. The van der Waals surface area contributed by atoms with Crippen LogP contribution in [0.1, 0.15) is 18.9 Å². The summed E-state index contributed by atoms with van der Waals surface area (Å²) < 4.78 is 10.5. The molecule has 0 aromatic heterocycles. The number of aryl methyl sites for hydroxylation is 1. The van der Waals surface area contributed by atoms with Crippen LogP contribution in [-0.2, 0) is 11.2 Å². The summed E-state index contributed by atoms with van der Waals surface area (Å²) in [5, 5.41) is 0.680. The van der Waals surface area contributed by atoms with Gasteiger partial charge in [-0.05, 0) is 37.5 Å². The van der Waals surface area contributed by atoms with Crippen molar-refractivity contribution in [3.05, 3.63) is 28.8 Å². The predicted octanol–water partition coefficient (Wildman–Crippen LogP) is 3.07. The zero-order valence-corrected chi connectivity index (χ0v) is 9.75. The molecule has 1 saturated heterocycles. The summed E-state index contributed by atoms with van der Waals surface area (Å²) >= 11 is 6.03. The Balaban J connectivity index is 1.94. The van der Waals surface area contributed by atoms with Crippen molar-refractivity contribution in [3.8, 4) is 5.75 Å². The van der Waals surface area contributed by atoms with Gasteiger partial charge < -0.3 is 9.47 Å². The SMILES string of the molecule is COc1ccc(CCC2OC2C)cc1Cl. The second kappa shape index (κ2) is 4.42. The molecule has 2 nitrogen and oxygen atoms in total. The smallest absolute Gasteiger partial charge is 0.137 e. The van der Waals surface area contributed by atoms with Gasteiger partial charge in [0.15, 0.2) is 0 Å². The molecule has 82 valence electrons. The molecule has 1 aliphatic heterocycles. The molecule has 0 spiro atoms. The van der Waals surface area contributed by atoms with Crippen molar-refractivity contribution in [1.29, 1.82) is 0 Å². The average molecular weight is 227 g/mol. The van der Waals surface area contributed by atoms with Gasteiger partial charge in [0.05, 0.1) is 24.3 Å². The highest BCUT2D eigenvalue weighted by molar-refractivity contribution is 6.32. The van der Waals surface area contributed by atoms with Crippen LogP contribution in [0.2, 0.25) is 5.02 Å². The first-order chi connectivity index (χ1) is 7.20. The molecular weight excluding hydrogens is 212 g/mol. The Labute approximate surface area is 95.1 Å². The van der Waals surface area contributed by atoms with Gasteiger partial charge in [0.2, 0.25) is 0 Å².